The van der Waals surface area contributed by atoms with E-state index < -0.39 is 5.60 Å². The maximum absolute atomic E-state index is 11.1. The van der Waals surface area contributed by atoms with E-state index in [1.165, 1.54) is 12.0 Å². The smallest absolute Gasteiger partial charge is 0.133 e. The molecule has 2 nitrogen and oxygen atoms in total. The average Bonchev–Trinajstić information content (AvgIpc) is 2.38. The highest BCUT2D eigenvalue weighted by molar-refractivity contribution is 9.10. The van der Waals surface area contributed by atoms with Crippen molar-refractivity contribution in [1.29, 1.82) is 0 Å². The topological polar surface area (TPSA) is 29.5 Å². The van der Waals surface area contributed by atoms with E-state index in [1.807, 2.05) is 6.07 Å². The quantitative estimate of drug-likeness (QED) is 0.869. The summed E-state index contributed by atoms with van der Waals surface area (Å²) < 4.78 is 6.22. The Kier molecular flexibility index (Phi) is 5.14. The van der Waals surface area contributed by atoms with Crippen LogP contribution in [0.5, 0.6) is 5.75 Å². The molecule has 0 aliphatic heterocycles. The fourth-order valence-electron chi connectivity index (χ4n) is 3.60. The summed E-state index contributed by atoms with van der Waals surface area (Å²) in [6, 6.07) is 6.10. The number of benzene rings is 1. The molecular weight excluding hydrogens is 316 g/mol. The maximum Gasteiger partial charge on any atom is 0.133 e. The van der Waals surface area contributed by atoms with Gasteiger partial charge in [0.05, 0.1) is 17.2 Å². The summed E-state index contributed by atoms with van der Waals surface area (Å²) in [5, 5.41) is 11.1. The molecule has 0 bridgehead atoms. The normalized spacial score (nSPS) is 26.8. The van der Waals surface area contributed by atoms with Gasteiger partial charge in [-0.25, -0.2) is 0 Å². The molecule has 3 heteroatoms. The first kappa shape index (κ1) is 15.8. The lowest BCUT2D eigenvalue weighted by Gasteiger charge is -2.42. The second-order valence-electron chi connectivity index (χ2n) is 6.35. The Morgan fingerprint density at radius 2 is 2.15 bits per heavy atom. The molecule has 0 amide bonds. The summed E-state index contributed by atoms with van der Waals surface area (Å²) in [4.78, 5) is 0. The molecule has 1 aliphatic rings. The standard InChI is InChI=1S/C17H25BrO2/c1-12(2)14-6-4-5-9-17(14,19)11-13-7-8-16(20-3)15(18)10-13/h7-8,10,12,14,19H,4-6,9,11H2,1-3H3. The number of methoxy groups -OCH3 is 1. The van der Waals surface area contributed by atoms with Gasteiger partial charge in [0.2, 0.25) is 0 Å². The summed E-state index contributed by atoms with van der Waals surface area (Å²) in [5.41, 5.74) is 0.619. The predicted molar refractivity (Wildman–Crippen MR) is 86.1 cm³/mol. The molecule has 0 aromatic heterocycles. The van der Waals surface area contributed by atoms with E-state index in [4.69, 9.17) is 4.74 Å². The molecule has 2 unspecified atom stereocenters. The summed E-state index contributed by atoms with van der Waals surface area (Å²) in [5.74, 6) is 1.77. The van der Waals surface area contributed by atoms with Gasteiger partial charge in [0.15, 0.2) is 0 Å². The van der Waals surface area contributed by atoms with Gasteiger partial charge in [0, 0.05) is 6.42 Å². The highest BCUT2D eigenvalue weighted by atomic mass is 79.9. The number of hydrogen-bond donors (Lipinski definition) is 1. The first-order chi connectivity index (χ1) is 9.46. The monoisotopic (exact) mass is 340 g/mol. The Bertz CT molecular complexity index is 458. The van der Waals surface area contributed by atoms with E-state index in [0.717, 1.165) is 35.9 Å². The van der Waals surface area contributed by atoms with Crippen LogP contribution in [-0.2, 0) is 6.42 Å². The second-order valence-corrected chi connectivity index (χ2v) is 7.20. The van der Waals surface area contributed by atoms with Gasteiger partial charge in [-0.15, -0.1) is 0 Å². The molecule has 1 aliphatic carbocycles. The lowest BCUT2D eigenvalue weighted by atomic mass is 9.68. The van der Waals surface area contributed by atoms with Crippen molar-refractivity contribution in [1.82, 2.24) is 0 Å². The van der Waals surface area contributed by atoms with Crippen molar-refractivity contribution in [3.8, 4) is 5.75 Å². The third-order valence-corrected chi connectivity index (χ3v) is 5.22. The SMILES string of the molecule is COc1ccc(CC2(O)CCCCC2C(C)C)cc1Br. The minimum Gasteiger partial charge on any atom is -0.496 e. The third kappa shape index (κ3) is 3.37. The van der Waals surface area contributed by atoms with E-state index in [1.54, 1.807) is 7.11 Å². The fourth-order valence-corrected chi connectivity index (χ4v) is 4.18. The second kappa shape index (κ2) is 6.48. The zero-order valence-corrected chi connectivity index (χ0v) is 14.2. The number of halogens is 1. The van der Waals surface area contributed by atoms with Crippen molar-refractivity contribution in [3.63, 3.8) is 0 Å². The summed E-state index contributed by atoms with van der Waals surface area (Å²) >= 11 is 3.53. The third-order valence-electron chi connectivity index (χ3n) is 4.60. The van der Waals surface area contributed by atoms with Gasteiger partial charge in [0.25, 0.3) is 0 Å². The van der Waals surface area contributed by atoms with Crippen LogP contribution in [0.4, 0.5) is 0 Å². The van der Waals surface area contributed by atoms with Crippen molar-refractivity contribution in [3.05, 3.63) is 28.2 Å². The molecule has 1 fully saturated rings. The van der Waals surface area contributed by atoms with Crippen LogP contribution in [0.3, 0.4) is 0 Å². The van der Waals surface area contributed by atoms with Gasteiger partial charge >= 0.3 is 0 Å². The highest BCUT2D eigenvalue weighted by Gasteiger charge is 2.40. The van der Waals surface area contributed by atoms with Gasteiger partial charge < -0.3 is 9.84 Å². The van der Waals surface area contributed by atoms with Crippen molar-refractivity contribution in [2.45, 2.75) is 51.6 Å². The Hall–Kier alpha value is -0.540. The number of hydrogen-bond acceptors (Lipinski definition) is 2. The van der Waals surface area contributed by atoms with Crippen LogP contribution in [0.25, 0.3) is 0 Å². The van der Waals surface area contributed by atoms with Gasteiger partial charge in [0.1, 0.15) is 5.75 Å². The molecule has 1 saturated carbocycles. The molecule has 0 heterocycles. The fraction of sp³-hybridized carbons (Fsp3) is 0.647. The van der Waals surface area contributed by atoms with E-state index in [0.29, 0.717) is 11.8 Å². The summed E-state index contributed by atoms with van der Waals surface area (Å²) in [6.45, 7) is 4.45. The molecule has 1 aromatic rings. The Labute approximate surface area is 130 Å². The number of rotatable bonds is 4. The number of aliphatic hydroxyl groups is 1. The number of ether oxygens (including phenoxy) is 1. The molecule has 0 spiro atoms. The lowest BCUT2D eigenvalue weighted by molar-refractivity contribution is -0.0652. The zero-order valence-electron chi connectivity index (χ0n) is 12.7. The molecular formula is C17H25BrO2. The van der Waals surface area contributed by atoms with E-state index >= 15 is 0 Å². The van der Waals surface area contributed by atoms with E-state index in [2.05, 4.69) is 41.9 Å². The largest absolute Gasteiger partial charge is 0.496 e. The first-order valence-corrected chi connectivity index (χ1v) is 8.30. The van der Waals surface area contributed by atoms with Gasteiger partial charge in [-0.2, -0.15) is 0 Å². The Morgan fingerprint density at radius 3 is 2.75 bits per heavy atom. The van der Waals surface area contributed by atoms with Crippen LogP contribution in [0.1, 0.15) is 45.1 Å². The van der Waals surface area contributed by atoms with Crippen molar-refractivity contribution < 1.29 is 9.84 Å². The van der Waals surface area contributed by atoms with Crippen LogP contribution < -0.4 is 4.74 Å². The minimum atomic E-state index is -0.555. The van der Waals surface area contributed by atoms with Crippen LogP contribution in [0.2, 0.25) is 0 Å². The molecule has 1 N–H and O–H groups in total. The lowest BCUT2D eigenvalue weighted by Crippen LogP contribution is -2.45. The predicted octanol–water partition coefficient (Wildman–Crippen LogP) is 4.58. The highest BCUT2D eigenvalue weighted by Crippen LogP contribution is 2.41. The Balaban J connectivity index is 2.19. The maximum atomic E-state index is 11.1. The Morgan fingerprint density at radius 1 is 1.40 bits per heavy atom. The summed E-state index contributed by atoms with van der Waals surface area (Å²) in [6.07, 6.45) is 5.18. The first-order valence-electron chi connectivity index (χ1n) is 7.51. The van der Waals surface area contributed by atoms with E-state index in [-0.39, 0.29) is 0 Å². The molecule has 112 valence electrons. The molecule has 2 rings (SSSR count). The molecule has 0 saturated heterocycles. The molecule has 0 radical (unpaired) electrons. The minimum absolute atomic E-state index is 0.400. The molecule has 20 heavy (non-hydrogen) atoms. The van der Waals surface area contributed by atoms with Crippen LogP contribution in [-0.4, -0.2) is 17.8 Å². The van der Waals surface area contributed by atoms with Gasteiger partial charge in [-0.1, -0.05) is 32.8 Å². The summed E-state index contributed by atoms with van der Waals surface area (Å²) in [7, 11) is 1.67. The van der Waals surface area contributed by atoms with Gasteiger partial charge in [-0.05, 0) is 58.3 Å². The van der Waals surface area contributed by atoms with Crippen LogP contribution in [0.15, 0.2) is 22.7 Å². The zero-order chi connectivity index (χ0) is 14.8. The van der Waals surface area contributed by atoms with E-state index in [9.17, 15) is 5.11 Å². The van der Waals surface area contributed by atoms with Crippen LogP contribution in [0, 0.1) is 11.8 Å². The molecule has 1 aromatic carbocycles. The van der Waals surface area contributed by atoms with Crippen molar-refractivity contribution >= 4 is 15.9 Å². The van der Waals surface area contributed by atoms with Gasteiger partial charge in [-0.3, -0.25) is 0 Å². The van der Waals surface area contributed by atoms with Crippen molar-refractivity contribution in [2.24, 2.45) is 11.8 Å². The van der Waals surface area contributed by atoms with Crippen molar-refractivity contribution in [2.75, 3.05) is 7.11 Å². The molecule has 2 atom stereocenters. The van der Waals surface area contributed by atoms with Crippen LogP contribution >= 0.6 is 15.9 Å². The average molecular weight is 341 g/mol.